The molecule has 0 aliphatic rings. The van der Waals surface area contributed by atoms with Crippen molar-refractivity contribution in [2.75, 3.05) is 0 Å². The Bertz CT molecular complexity index is 417. The second-order valence-electron chi connectivity index (χ2n) is 3.23. The summed E-state index contributed by atoms with van der Waals surface area (Å²) in [6.45, 7) is 2.22. The van der Waals surface area contributed by atoms with Crippen molar-refractivity contribution >= 4 is 34.6 Å². The van der Waals surface area contributed by atoms with Gasteiger partial charge < -0.3 is 0 Å². The lowest BCUT2D eigenvalue weighted by Gasteiger charge is -2.03. The zero-order valence-electron chi connectivity index (χ0n) is 7.60. The van der Waals surface area contributed by atoms with E-state index in [1.807, 2.05) is 0 Å². The zero-order chi connectivity index (χ0) is 9.26. The number of rotatable bonds is 2. The molecule has 0 N–H and O–H groups in total. The fourth-order valence-electron chi connectivity index (χ4n) is 1.60. The molecule has 0 aliphatic heterocycles. The van der Waals surface area contributed by atoms with Gasteiger partial charge in [0.05, 0.1) is 0 Å². The van der Waals surface area contributed by atoms with E-state index in [0.29, 0.717) is 0 Å². The van der Waals surface area contributed by atoms with Crippen molar-refractivity contribution in [2.45, 2.75) is 19.8 Å². The summed E-state index contributed by atoms with van der Waals surface area (Å²) in [5.74, 6) is 2.26. The molecule has 0 nitrogen and oxygen atoms in total. The van der Waals surface area contributed by atoms with Crippen LogP contribution < -0.4 is 0 Å². The molecule has 0 saturated carbocycles. The van der Waals surface area contributed by atoms with Gasteiger partial charge in [-0.2, -0.15) is 0 Å². The lowest BCUT2D eigenvalue weighted by atomic mass is 10.1. The van der Waals surface area contributed by atoms with E-state index >= 15 is 0 Å². The number of aryl methyl sites for hydroxylation is 1. The van der Waals surface area contributed by atoms with E-state index in [-0.39, 0.29) is 0 Å². The maximum atomic E-state index is 3.69. The molecule has 2 rings (SSSR count). The standard InChI is InChI=1S/C11H12BrP/c1-2-3-8-4-5-10-9(11(8)12)6-7-13-10/h4-7,13H,2-3H2,1H3. The van der Waals surface area contributed by atoms with Crippen LogP contribution >= 0.6 is 24.1 Å². The molecule has 1 aromatic carbocycles. The third kappa shape index (κ3) is 1.68. The van der Waals surface area contributed by atoms with Gasteiger partial charge in [0, 0.05) is 9.86 Å². The van der Waals surface area contributed by atoms with Gasteiger partial charge in [0.25, 0.3) is 0 Å². The van der Waals surface area contributed by atoms with Gasteiger partial charge in [-0.25, -0.2) is 0 Å². The van der Waals surface area contributed by atoms with Crippen LogP contribution in [0.15, 0.2) is 28.5 Å². The van der Waals surface area contributed by atoms with E-state index in [1.54, 1.807) is 0 Å². The van der Waals surface area contributed by atoms with Crippen molar-refractivity contribution < 1.29 is 0 Å². The molecular formula is C11H12BrP. The summed E-state index contributed by atoms with van der Waals surface area (Å²) in [5, 5.41) is 2.89. The molecule has 0 saturated heterocycles. The zero-order valence-corrected chi connectivity index (χ0v) is 10.2. The van der Waals surface area contributed by atoms with Gasteiger partial charge >= 0.3 is 0 Å². The van der Waals surface area contributed by atoms with Crippen LogP contribution in [0.25, 0.3) is 10.5 Å². The van der Waals surface area contributed by atoms with Crippen molar-refractivity contribution in [3.63, 3.8) is 0 Å². The molecule has 0 aliphatic carbocycles. The quantitative estimate of drug-likeness (QED) is 0.736. The highest BCUT2D eigenvalue weighted by molar-refractivity contribution is 9.10. The van der Waals surface area contributed by atoms with Gasteiger partial charge in [-0.15, -0.1) is 8.19 Å². The highest BCUT2D eigenvalue weighted by atomic mass is 79.9. The fraction of sp³-hybridized carbons (Fsp3) is 0.273. The normalized spacial score (nSPS) is 11.5. The molecule has 2 heteroatoms. The average molecular weight is 255 g/mol. The maximum absolute atomic E-state index is 3.69. The Labute approximate surface area is 88.6 Å². The molecule has 1 atom stereocenters. The van der Waals surface area contributed by atoms with E-state index in [0.717, 1.165) is 8.19 Å². The molecule has 0 spiro atoms. The van der Waals surface area contributed by atoms with Gasteiger partial charge in [0.1, 0.15) is 0 Å². The predicted molar refractivity (Wildman–Crippen MR) is 65.1 cm³/mol. The number of halogens is 1. The van der Waals surface area contributed by atoms with Crippen LogP contribution in [-0.4, -0.2) is 0 Å². The maximum Gasteiger partial charge on any atom is 0.0289 e. The molecule has 1 unspecified atom stereocenters. The Kier molecular flexibility index (Phi) is 2.76. The van der Waals surface area contributed by atoms with Crippen molar-refractivity contribution in [1.82, 2.24) is 0 Å². The molecule has 0 amide bonds. The van der Waals surface area contributed by atoms with E-state index in [1.165, 1.54) is 33.4 Å². The first-order valence-corrected chi connectivity index (χ1v) is 6.44. The monoisotopic (exact) mass is 254 g/mol. The molecule has 0 bridgehead atoms. The summed E-state index contributed by atoms with van der Waals surface area (Å²) in [6.07, 6.45) is 2.38. The highest BCUT2D eigenvalue weighted by Crippen LogP contribution is 2.33. The summed E-state index contributed by atoms with van der Waals surface area (Å²) >= 11 is 3.69. The summed E-state index contributed by atoms with van der Waals surface area (Å²) in [6, 6.07) is 6.76. The molecule has 0 radical (unpaired) electrons. The Morgan fingerprint density at radius 2 is 2.15 bits per heavy atom. The number of hydrogen-bond acceptors (Lipinski definition) is 0. The van der Waals surface area contributed by atoms with Crippen molar-refractivity contribution in [3.8, 4) is 0 Å². The number of hydrogen-bond donors (Lipinski definition) is 0. The first-order chi connectivity index (χ1) is 6.33. The topological polar surface area (TPSA) is 0 Å². The van der Waals surface area contributed by atoms with E-state index in [2.05, 4.69) is 46.9 Å². The van der Waals surface area contributed by atoms with Crippen LogP contribution in [0.4, 0.5) is 0 Å². The molecule has 0 fully saturated rings. The number of benzene rings is 1. The minimum atomic E-state index is 0.864. The fourth-order valence-corrected chi connectivity index (χ4v) is 3.44. The number of fused-ring (bicyclic) bond motifs is 1. The SMILES string of the molecule is CCCc1ccc2[pH]ccc2c1Br. The second-order valence-corrected chi connectivity index (χ2v) is 5.18. The third-order valence-corrected chi connectivity index (χ3v) is 4.28. The van der Waals surface area contributed by atoms with E-state index < -0.39 is 0 Å². The Hall–Kier alpha value is -0.260. The van der Waals surface area contributed by atoms with Crippen molar-refractivity contribution in [1.29, 1.82) is 0 Å². The van der Waals surface area contributed by atoms with Crippen LogP contribution in [0.3, 0.4) is 0 Å². The molecule has 13 heavy (non-hydrogen) atoms. The van der Waals surface area contributed by atoms with Crippen LogP contribution in [0.2, 0.25) is 0 Å². The third-order valence-electron chi connectivity index (χ3n) is 2.27. The molecule has 1 heterocycles. The van der Waals surface area contributed by atoms with Gasteiger partial charge in [0.15, 0.2) is 0 Å². The lowest BCUT2D eigenvalue weighted by molar-refractivity contribution is 0.919. The smallest absolute Gasteiger partial charge is 0.0289 e. The van der Waals surface area contributed by atoms with E-state index in [9.17, 15) is 0 Å². The van der Waals surface area contributed by atoms with Crippen LogP contribution in [0, 0.1) is 0 Å². The summed E-state index contributed by atoms with van der Waals surface area (Å²) in [5.41, 5.74) is 1.44. The minimum absolute atomic E-state index is 0.864. The lowest BCUT2D eigenvalue weighted by Crippen LogP contribution is -1.84. The van der Waals surface area contributed by atoms with Crippen LogP contribution in [-0.2, 0) is 6.42 Å². The second kappa shape index (κ2) is 3.86. The van der Waals surface area contributed by atoms with Crippen LogP contribution in [0.1, 0.15) is 18.9 Å². The van der Waals surface area contributed by atoms with Gasteiger partial charge in [-0.3, -0.25) is 0 Å². The summed E-state index contributed by atoms with van der Waals surface area (Å²) < 4.78 is 1.31. The molecule has 2 aromatic rings. The largest absolute Gasteiger partial charge is 0.132 e. The first kappa shape index (κ1) is 9.30. The Morgan fingerprint density at radius 1 is 1.31 bits per heavy atom. The van der Waals surface area contributed by atoms with Crippen molar-refractivity contribution in [2.24, 2.45) is 0 Å². The Morgan fingerprint density at radius 3 is 2.92 bits per heavy atom. The minimum Gasteiger partial charge on any atom is -0.132 e. The molecule has 1 aromatic heterocycles. The summed E-state index contributed by atoms with van der Waals surface area (Å²) in [4.78, 5) is 0. The van der Waals surface area contributed by atoms with E-state index in [4.69, 9.17) is 0 Å². The van der Waals surface area contributed by atoms with Gasteiger partial charge in [0.2, 0.25) is 0 Å². The van der Waals surface area contributed by atoms with Crippen LogP contribution in [0.5, 0.6) is 0 Å². The van der Waals surface area contributed by atoms with Gasteiger partial charge in [-0.1, -0.05) is 25.5 Å². The average Bonchev–Trinajstić information content (AvgIpc) is 2.58. The first-order valence-electron chi connectivity index (χ1n) is 4.57. The Balaban J connectivity index is 2.59. The predicted octanol–water partition coefficient (Wildman–Crippen LogP) is 4.59. The molecular weight excluding hydrogens is 243 g/mol. The summed E-state index contributed by atoms with van der Waals surface area (Å²) in [7, 11) is 0.864. The van der Waals surface area contributed by atoms with Gasteiger partial charge in [-0.05, 0) is 44.9 Å². The highest BCUT2D eigenvalue weighted by Gasteiger charge is 2.03. The molecule has 68 valence electrons. The van der Waals surface area contributed by atoms with Crippen molar-refractivity contribution in [3.05, 3.63) is 34.0 Å².